The van der Waals surface area contributed by atoms with Crippen LogP contribution in [0.1, 0.15) is 45.4 Å². The fraction of sp³-hybridized carbons (Fsp3) is 0.409. The topological polar surface area (TPSA) is 75.9 Å². The number of aldehydes is 1. The fourth-order valence-electron chi connectivity index (χ4n) is 2.03. The zero-order valence-electron chi connectivity index (χ0n) is 16.0. The molecule has 0 aromatic rings. The van der Waals surface area contributed by atoms with Gasteiger partial charge < -0.3 is 4.79 Å². The van der Waals surface area contributed by atoms with Crippen molar-refractivity contribution in [2.45, 2.75) is 57.5 Å². The van der Waals surface area contributed by atoms with Gasteiger partial charge in [0, 0.05) is 6.42 Å². The first-order chi connectivity index (χ1) is 13.3. The SMILES string of the molecule is CC/C=C\C[C@H](/C=C/C=C\C/C=C\C/C=C\C=C\[C@H](CCC=O)N=O)N=O. The molecular weight excluding hydrogens is 340 g/mol. The standard InChI is InChI=1S/C22H30N2O3/c1-2-3-12-16-21(23-26)17-13-10-8-6-4-5-7-9-11-14-18-22(24-27)19-15-20-25/h3-5,8-14,17-18,20-22H,2,6-7,15-16,19H2,1H3/b5-4-,10-8-,11-9-,12-3-,17-13+,18-14+/t21-,22-/m1/s1. The van der Waals surface area contributed by atoms with E-state index in [0.717, 1.165) is 25.5 Å². The van der Waals surface area contributed by atoms with E-state index < -0.39 is 6.04 Å². The molecule has 0 radical (unpaired) electrons. The molecule has 2 atom stereocenters. The molecule has 5 heteroatoms. The summed E-state index contributed by atoms with van der Waals surface area (Å²) in [7, 11) is 0. The van der Waals surface area contributed by atoms with E-state index in [0.29, 0.717) is 19.3 Å². The molecule has 0 aromatic heterocycles. The number of nitroso groups, excluding NO2 is 2. The van der Waals surface area contributed by atoms with Crippen LogP contribution in [-0.4, -0.2) is 18.4 Å². The van der Waals surface area contributed by atoms with Crippen molar-refractivity contribution in [3.05, 3.63) is 82.7 Å². The van der Waals surface area contributed by atoms with Crippen LogP contribution in [0, 0.1) is 9.81 Å². The second-order valence-electron chi connectivity index (χ2n) is 5.77. The van der Waals surface area contributed by atoms with Crippen molar-refractivity contribution < 1.29 is 4.79 Å². The van der Waals surface area contributed by atoms with Gasteiger partial charge in [0.2, 0.25) is 0 Å². The van der Waals surface area contributed by atoms with Gasteiger partial charge in [0.1, 0.15) is 18.4 Å². The summed E-state index contributed by atoms with van der Waals surface area (Å²) >= 11 is 0. The van der Waals surface area contributed by atoms with E-state index in [1.165, 1.54) is 0 Å². The highest BCUT2D eigenvalue weighted by atomic mass is 16.3. The minimum Gasteiger partial charge on any atom is -0.303 e. The number of carbonyl (C=O) groups excluding carboxylic acids is 1. The fourth-order valence-corrected chi connectivity index (χ4v) is 2.03. The first-order valence-corrected chi connectivity index (χ1v) is 9.33. The van der Waals surface area contributed by atoms with Crippen molar-refractivity contribution in [3.63, 3.8) is 0 Å². The van der Waals surface area contributed by atoms with Crippen LogP contribution in [0.5, 0.6) is 0 Å². The predicted octanol–water partition coefficient (Wildman–Crippen LogP) is 6.15. The summed E-state index contributed by atoms with van der Waals surface area (Å²) < 4.78 is 0. The summed E-state index contributed by atoms with van der Waals surface area (Å²) in [6, 6.07) is -0.746. The van der Waals surface area contributed by atoms with Gasteiger partial charge in [-0.2, -0.15) is 9.81 Å². The second kappa shape index (κ2) is 19.6. The summed E-state index contributed by atoms with van der Waals surface area (Å²) in [5.74, 6) is 0. The van der Waals surface area contributed by atoms with Gasteiger partial charge in [-0.25, -0.2) is 0 Å². The van der Waals surface area contributed by atoms with Crippen LogP contribution in [0.4, 0.5) is 0 Å². The van der Waals surface area contributed by atoms with Crippen LogP contribution in [0.3, 0.4) is 0 Å². The molecule has 0 saturated carbocycles. The minimum absolute atomic E-state index is 0.307. The van der Waals surface area contributed by atoms with Gasteiger partial charge >= 0.3 is 0 Å². The third kappa shape index (κ3) is 16.5. The molecule has 5 nitrogen and oxygen atoms in total. The highest BCUT2D eigenvalue weighted by molar-refractivity contribution is 5.49. The van der Waals surface area contributed by atoms with Crippen molar-refractivity contribution in [2.24, 2.45) is 10.4 Å². The molecule has 0 bridgehead atoms. The largest absolute Gasteiger partial charge is 0.303 e. The van der Waals surface area contributed by atoms with Crippen molar-refractivity contribution in [1.82, 2.24) is 0 Å². The number of allylic oxidation sites excluding steroid dienone is 9. The third-order valence-electron chi connectivity index (χ3n) is 3.50. The summed E-state index contributed by atoms with van der Waals surface area (Å²) in [5, 5.41) is 6.05. The Hall–Kier alpha value is -2.69. The molecule has 0 heterocycles. The Bertz CT molecular complexity index is 572. The quantitative estimate of drug-likeness (QED) is 0.141. The molecule has 0 rings (SSSR count). The lowest BCUT2D eigenvalue weighted by Gasteiger charge is -1.97. The van der Waals surface area contributed by atoms with Gasteiger partial charge in [-0.05, 0) is 32.1 Å². The highest BCUT2D eigenvalue weighted by Crippen LogP contribution is 2.03. The lowest BCUT2D eigenvalue weighted by atomic mass is 10.1. The molecule has 0 aliphatic heterocycles. The van der Waals surface area contributed by atoms with E-state index >= 15 is 0 Å². The first-order valence-electron chi connectivity index (χ1n) is 9.33. The average Bonchev–Trinajstić information content (AvgIpc) is 2.69. The number of rotatable bonds is 16. The Morgan fingerprint density at radius 3 is 1.85 bits per heavy atom. The van der Waals surface area contributed by atoms with E-state index in [9.17, 15) is 14.6 Å². The number of carbonyl (C=O) groups is 1. The maximum absolute atomic E-state index is 10.7. The smallest absolute Gasteiger partial charge is 0.120 e. The van der Waals surface area contributed by atoms with Crippen molar-refractivity contribution in [1.29, 1.82) is 0 Å². The summed E-state index contributed by atoms with van der Waals surface area (Å²) in [6.07, 6.45) is 27.8. The van der Waals surface area contributed by atoms with E-state index in [4.69, 9.17) is 0 Å². The number of hydrogen-bond acceptors (Lipinski definition) is 5. The van der Waals surface area contributed by atoms with E-state index in [1.54, 1.807) is 18.2 Å². The number of nitrogens with zero attached hydrogens (tertiary/aromatic N) is 2. The predicted molar refractivity (Wildman–Crippen MR) is 113 cm³/mol. The van der Waals surface area contributed by atoms with E-state index in [2.05, 4.69) is 23.4 Å². The van der Waals surface area contributed by atoms with Crippen LogP contribution < -0.4 is 0 Å². The monoisotopic (exact) mass is 370 g/mol. The van der Waals surface area contributed by atoms with Gasteiger partial charge in [-0.15, -0.1) is 0 Å². The molecule has 0 amide bonds. The van der Waals surface area contributed by atoms with Crippen molar-refractivity contribution in [3.8, 4) is 0 Å². The van der Waals surface area contributed by atoms with Crippen LogP contribution >= 0.6 is 0 Å². The minimum atomic E-state index is -0.440. The Morgan fingerprint density at radius 1 is 0.741 bits per heavy atom. The summed E-state index contributed by atoms with van der Waals surface area (Å²) in [5.41, 5.74) is 0. The molecule has 27 heavy (non-hydrogen) atoms. The van der Waals surface area contributed by atoms with Crippen LogP contribution in [0.15, 0.2) is 83.3 Å². The first kappa shape index (κ1) is 24.3. The van der Waals surface area contributed by atoms with E-state index in [-0.39, 0.29) is 6.04 Å². The molecule has 0 aromatic carbocycles. The number of hydrogen-bond donors (Lipinski definition) is 0. The Kier molecular flexibility index (Phi) is 17.7. The zero-order valence-corrected chi connectivity index (χ0v) is 16.0. The maximum Gasteiger partial charge on any atom is 0.120 e. The van der Waals surface area contributed by atoms with Crippen molar-refractivity contribution in [2.75, 3.05) is 0 Å². The lowest BCUT2D eigenvalue weighted by Crippen LogP contribution is -1.98. The molecule has 0 N–H and O–H groups in total. The normalized spacial score (nSPS) is 15.0. The Balaban J connectivity index is 3.99. The molecule has 0 aliphatic carbocycles. The van der Waals surface area contributed by atoms with Crippen LogP contribution in [-0.2, 0) is 4.79 Å². The summed E-state index contributed by atoms with van der Waals surface area (Å²) in [6.45, 7) is 2.05. The van der Waals surface area contributed by atoms with Crippen LogP contribution in [0.25, 0.3) is 0 Å². The third-order valence-corrected chi connectivity index (χ3v) is 3.50. The van der Waals surface area contributed by atoms with Gasteiger partial charge in [-0.1, -0.05) is 90.2 Å². The molecule has 0 fully saturated rings. The van der Waals surface area contributed by atoms with Gasteiger partial charge in [-0.3, -0.25) is 0 Å². The molecule has 0 spiro atoms. The molecular formula is C22H30N2O3. The van der Waals surface area contributed by atoms with E-state index in [1.807, 2.05) is 48.6 Å². The summed E-state index contributed by atoms with van der Waals surface area (Å²) in [4.78, 5) is 31.5. The zero-order chi connectivity index (χ0) is 20.0. The van der Waals surface area contributed by atoms with Crippen LogP contribution in [0.2, 0.25) is 0 Å². The highest BCUT2D eigenvalue weighted by Gasteiger charge is 2.01. The Labute approximate surface area is 162 Å². The molecule has 0 aliphatic rings. The maximum atomic E-state index is 10.7. The second-order valence-corrected chi connectivity index (χ2v) is 5.77. The van der Waals surface area contributed by atoms with Gasteiger partial charge in [0.15, 0.2) is 0 Å². The van der Waals surface area contributed by atoms with Gasteiger partial charge in [0.25, 0.3) is 0 Å². The molecule has 0 saturated heterocycles. The molecule has 0 unspecified atom stereocenters. The average molecular weight is 370 g/mol. The lowest BCUT2D eigenvalue weighted by molar-refractivity contribution is -0.107. The van der Waals surface area contributed by atoms with Gasteiger partial charge in [0.05, 0.1) is 0 Å². The van der Waals surface area contributed by atoms with Crippen molar-refractivity contribution >= 4 is 6.29 Å². The Morgan fingerprint density at radius 2 is 1.33 bits per heavy atom. The molecule has 146 valence electrons.